The van der Waals surface area contributed by atoms with E-state index < -0.39 is 12.0 Å². The van der Waals surface area contributed by atoms with Crippen LogP contribution in [-0.4, -0.2) is 39.1 Å². The molecule has 1 aromatic heterocycles. The maximum Gasteiger partial charge on any atom is 0.326 e. The Balaban J connectivity index is 1.22. The first-order valence-electron chi connectivity index (χ1n) is 12.4. The maximum absolute atomic E-state index is 13.0. The molecule has 5 rings (SSSR count). The van der Waals surface area contributed by atoms with Gasteiger partial charge in [-0.05, 0) is 42.0 Å². The molecule has 7 nitrogen and oxygen atoms in total. The van der Waals surface area contributed by atoms with Gasteiger partial charge in [0.25, 0.3) is 0 Å². The third-order valence-electron chi connectivity index (χ3n) is 6.33. The number of hydrogen-bond donors (Lipinski definition) is 2. The second-order valence-corrected chi connectivity index (χ2v) is 8.90. The van der Waals surface area contributed by atoms with Crippen molar-refractivity contribution in [2.45, 2.75) is 19.0 Å². The van der Waals surface area contributed by atoms with Gasteiger partial charge in [-0.25, -0.2) is 9.78 Å². The lowest BCUT2D eigenvalue weighted by Gasteiger charge is -2.18. The lowest BCUT2D eigenvalue weighted by atomic mass is 10.00. The minimum atomic E-state index is -1.00. The summed E-state index contributed by atoms with van der Waals surface area (Å²) in [4.78, 5) is 29.5. The summed E-state index contributed by atoms with van der Waals surface area (Å²) >= 11 is 0. The van der Waals surface area contributed by atoms with Crippen molar-refractivity contribution in [3.63, 3.8) is 0 Å². The van der Waals surface area contributed by atoms with E-state index in [4.69, 9.17) is 4.74 Å². The van der Waals surface area contributed by atoms with E-state index >= 15 is 0 Å². The van der Waals surface area contributed by atoms with E-state index in [1.165, 1.54) is 0 Å². The number of carbonyl (C=O) groups is 2. The van der Waals surface area contributed by atoms with Crippen molar-refractivity contribution in [1.82, 2.24) is 9.55 Å². The van der Waals surface area contributed by atoms with Gasteiger partial charge in [-0.15, -0.1) is 0 Å². The van der Waals surface area contributed by atoms with Crippen molar-refractivity contribution in [1.29, 1.82) is 0 Å². The number of carboxylic acids is 1. The van der Waals surface area contributed by atoms with Gasteiger partial charge in [0.1, 0.15) is 18.4 Å². The number of rotatable bonds is 11. The van der Waals surface area contributed by atoms with Crippen LogP contribution in [0, 0.1) is 0 Å². The van der Waals surface area contributed by atoms with Crippen LogP contribution in [0.1, 0.15) is 21.5 Å². The molecule has 0 aliphatic rings. The maximum atomic E-state index is 13.0. The summed E-state index contributed by atoms with van der Waals surface area (Å²) in [5.74, 6) is -0.459. The fraction of sp³-hybridized carbons (Fsp3) is 0.129. The molecule has 0 bridgehead atoms. The normalized spacial score (nSPS) is 11.7. The van der Waals surface area contributed by atoms with Crippen molar-refractivity contribution >= 4 is 28.5 Å². The standard InChI is InChI=1S/C31H27N3O4/c35-30(23-8-2-1-3-9-23)25-10-4-5-11-26(25)33-28(31(36)37)20-22-14-16-24(17-15-22)38-19-18-34-21-32-27-12-6-7-13-29(27)34/h1-17,21,28,33H,18-20H2,(H,36,37). The molecular formula is C31H27N3O4. The molecule has 0 spiro atoms. The van der Waals surface area contributed by atoms with E-state index in [1.54, 1.807) is 48.5 Å². The van der Waals surface area contributed by atoms with Crippen LogP contribution in [0.3, 0.4) is 0 Å². The zero-order valence-corrected chi connectivity index (χ0v) is 20.7. The predicted octanol–water partition coefficient (Wildman–Crippen LogP) is 5.45. The summed E-state index contributed by atoms with van der Waals surface area (Å²) in [5.41, 5.74) is 4.31. The topological polar surface area (TPSA) is 93.5 Å². The van der Waals surface area contributed by atoms with Crippen LogP contribution in [0.4, 0.5) is 5.69 Å². The van der Waals surface area contributed by atoms with Gasteiger partial charge in [0.15, 0.2) is 5.78 Å². The minimum absolute atomic E-state index is 0.164. The SMILES string of the molecule is O=C(c1ccccc1)c1ccccc1NC(Cc1ccc(OCCn2cnc3ccccc32)cc1)C(=O)O. The number of aliphatic carboxylic acids is 1. The van der Waals surface area contributed by atoms with Crippen molar-refractivity contribution in [3.05, 3.63) is 126 Å². The number of carboxylic acid groups (broad SMARTS) is 1. The van der Waals surface area contributed by atoms with Crippen molar-refractivity contribution in [2.24, 2.45) is 0 Å². The number of benzene rings is 4. The van der Waals surface area contributed by atoms with Crippen molar-refractivity contribution in [3.8, 4) is 5.75 Å². The number of anilines is 1. The Morgan fingerprint density at radius 3 is 2.37 bits per heavy atom. The fourth-order valence-corrected chi connectivity index (χ4v) is 4.35. The van der Waals surface area contributed by atoms with Gasteiger partial charge < -0.3 is 19.7 Å². The molecule has 2 N–H and O–H groups in total. The zero-order valence-electron chi connectivity index (χ0n) is 20.7. The van der Waals surface area contributed by atoms with Crippen LogP contribution in [0.25, 0.3) is 11.0 Å². The van der Waals surface area contributed by atoms with Crippen molar-refractivity contribution in [2.75, 3.05) is 11.9 Å². The van der Waals surface area contributed by atoms with Gasteiger partial charge in [-0.3, -0.25) is 4.79 Å². The molecule has 0 fully saturated rings. The summed E-state index contributed by atoms with van der Waals surface area (Å²) in [6.07, 6.45) is 2.05. The van der Waals surface area contributed by atoms with Gasteiger partial charge in [0, 0.05) is 23.2 Å². The molecule has 190 valence electrons. The molecule has 38 heavy (non-hydrogen) atoms. The van der Waals surface area contributed by atoms with Crippen LogP contribution >= 0.6 is 0 Å². The molecule has 0 saturated carbocycles. The molecule has 0 aliphatic carbocycles. The van der Waals surface area contributed by atoms with Crippen LogP contribution in [0.2, 0.25) is 0 Å². The average molecular weight is 506 g/mol. The summed E-state index contributed by atoms with van der Waals surface area (Å²) in [6.45, 7) is 1.14. The number of aromatic nitrogens is 2. The van der Waals surface area contributed by atoms with Gasteiger partial charge in [-0.2, -0.15) is 0 Å². The molecule has 1 heterocycles. The molecule has 0 aliphatic heterocycles. The average Bonchev–Trinajstić information content (AvgIpc) is 3.37. The molecule has 1 unspecified atom stereocenters. The van der Waals surface area contributed by atoms with E-state index in [-0.39, 0.29) is 12.2 Å². The smallest absolute Gasteiger partial charge is 0.326 e. The predicted molar refractivity (Wildman–Crippen MR) is 147 cm³/mol. The van der Waals surface area contributed by atoms with E-state index in [2.05, 4.69) is 10.3 Å². The molecule has 0 saturated heterocycles. The van der Waals surface area contributed by atoms with E-state index in [1.807, 2.05) is 65.5 Å². The van der Waals surface area contributed by atoms with Gasteiger partial charge in [0.2, 0.25) is 0 Å². The molecule has 4 aromatic carbocycles. The Morgan fingerprint density at radius 1 is 0.868 bits per heavy atom. The molecule has 0 amide bonds. The third-order valence-corrected chi connectivity index (χ3v) is 6.33. The summed E-state index contributed by atoms with van der Waals surface area (Å²) in [6, 6.07) is 30.4. The first-order chi connectivity index (χ1) is 18.6. The third kappa shape index (κ3) is 5.73. The number of ketones is 1. The van der Waals surface area contributed by atoms with E-state index in [9.17, 15) is 14.7 Å². The summed E-state index contributed by atoms with van der Waals surface area (Å²) < 4.78 is 7.95. The Hall–Kier alpha value is -4.91. The van der Waals surface area contributed by atoms with Crippen LogP contribution in [0.5, 0.6) is 5.75 Å². The second kappa shape index (κ2) is 11.4. The van der Waals surface area contributed by atoms with Crippen molar-refractivity contribution < 1.29 is 19.4 Å². The highest BCUT2D eigenvalue weighted by atomic mass is 16.5. The Morgan fingerprint density at radius 2 is 1.58 bits per heavy atom. The molecule has 7 heteroatoms. The quantitative estimate of drug-likeness (QED) is 0.232. The summed E-state index contributed by atoms with van der Waals surface area (Å²) in [5, 5.41) is 13.0. The van der Waals surface area contributed by atoms with Gasteiger partial charge >= 0.3 is 5.97 Å². The number of imidazole rings is 1. The number of para-hydroxylation sites is 3. The number of ether oxygens (including phenoxy) is 1. The van der Waals surface area contributed by atoms with E-state index in [0.29, 0.717) is 35.7 Å². The minimum Gasteiger partial charge on any atom is -0.492 e. The highest BCUT2D eigenvalue weighted by molar-refractivity contribution is 6.12. The van der Waals surface area contributed by atoms with Crippen LogP contribution < -0.4 is 10.1 Å². The first kappa shape index (κ1) is 24.8. The lowest BCUT2D eigenvalue weighted by Crippen LogP contribution is -2.32. The number of nitrogens with one attached hydrogen (secondary N) is 1. The zero-order chi connectivity index (χ0) is 26.3. The first-order valence-corrected chi connectivity index (χ1v) is 12.4. The highest BCUT2D eigenvalue weighted by Gasteiger charge is 2.21. The summed E-state index contributed by atoms with van der Waals surface area (Å²) in [7, 11) is 0. The number of fused-ring (bicyclic) bond motifs is 1. The Kier molecular flexibility index (Phi) is 7.45. The number of nitrogens with zero attached hydrogens (tertiary/aromatic N) is 2. The molecule has 0 radical (unpaired) electrons. The Bertz CT molecular complexity index is 1540. The largest absolute Gasteiger partial charge is 0.492 e. The number of carbonyl (C=O) groups excluding carboxylic acids is 1. The molecular weight excluding hydrogens is 478 g/mol. The van der Waals surface area contributed by atoms with Gasteiger partial charge in [-0.1, -0.05) is 66.7 Å². The monoisotopic (exact) mass is 505 g/mol. The number of hydrogen-bond acceptors (Lipinski definition) is 5. The fourth-order valence-electron chi connectivity index (χ4n) is 4.35. The van der Waals surface area contributed by atoms with Crippen LogP contribution in [-0.2, 0) is 17.8 Å². The van der Waals surface area contributed by atoms with Gasteiger partial charge in [0.05, 0.1) is 23.9 Å². The molecule has 5 aromatic rings. The highest BCUT2D eigenvalue weighted by Crippen LogP contribution is 2.22. The molecule has 1 atom stereocenters. The Labute approximate surface area is 220 Å². The van der Waals surface area contributed by atoms with Crippen LogP contribution in [0.15, 0.2) is 109 Å². The lowest BCUT2D eigenvalue weighted by molar-refractivity contribution is -0.137. The van der Waals surface area contributed by atoms with E-state index in [0.717, 1.165) is 16.6 Å². The second-order valence-electron chi connectivity index (χ2n) is 8.90.